The molecule has 0 saturated carbocycles. The Morgan fingerprint density at radius 3 is 2.77 bits per heavy atom. The third kappa shape index (κ3) is 3.51. The van der Waals surface area contributed by atoms with Crippen molar-refractivity contribution >= 4 is 5.91 Å². The Hall–Kier alpha value is -3.35. The summed E-state index contributed by atoms with van der Waals surface area (Å²) in [6.45, 7) is 1.89. The van der Waals surface area contributed by atoms with Crippen molar-refractivity contribution in [1.82, 2.24) is 10.1 Å². The van der Waals surface area contributed by atoms with Crippen molar-refractivity contribution in [3.8, 4) is 22.8 Å². The van der Waals surface area contributed by atoms with Gasteiger partial charge in [0.05, 0.1) is 19.3 Å². The largest absolute Gasteiger partial charge is 0.490 e. The van der Waals surface area contributed by atoms with Crippen LogP contribution in [0.2, 0.25) is 0 Å². The zero-order chi connectivity index (χ0) is 20.5. The second-order valence-electron chi connectivity index (χ2n) is 7.50. The summed E-state index contributed by atoms with van der Waals surface area (Å²) in [4.78, 5) is 14.9. The van der Waals surface area contributed by atoms with Crippen molar-refractivity contribution in [2.24, 2.45) is 0 Å². The van der Waals surface area contributed by atoms with E-state index in [1.54, 1.807) is 23.1 Å². The number of nitrogens with zero attached hydrogens (tertiary/aromatic N) is 2. The molecule has 5 rings (SSSR count). The molecule has 0 aliphatic carbocycles. The number of benzene rings is 2. The Morgan fingerprint density at radius 2 is 1.90 bits per heavy atom. The Balaban J connectivity index is 1.39. The Bertz CT molecular complexity index is 1080. The van der Waals surface area contributed by atoms with E-state index >= 15 is 0 Å². The molecule has 0 bridgehead atoms. The molecule has 154 valence electrons. The quantitative estimate of drug-likeness (QED) is 0.633. The molecule has 7 heteroatoms. The van der Waals surface area contributed by atoms with Crippen LogP contribution in [0, 0.1) is 5.82 Å². The van der Waals surface area contributed by atoms with Crippen molar-refractivity contribution in [3.05, 3.63) is 65.7 Å². The third-order valence-corrected chi connectivity index (χ3v) is 5.51. The number of aromatic nitrogens is 1. The van der Waals surface area contributed by atoms with Gasteiger partial charge in [0.15, 0.2) is 11.5 Å². The van der Waals surface area contributed by atoms with E-state index in [9.17, 15) is 9.18 Å². The molecule has 1 amide bonds. The molecule has 0 N–H and O–H groups in total. The lowest BCUT2D eigenvalue weighted by molar-refractivity contribution is 0.0693. The maximum Gasteiger partial charge on any atom is 0.292 e. The SMILES string of the molecule is O=C(c1cc(-c2cccc(F)c2)no1)N1CCC[C@H]1c1ccc2c(c1)OCCCO2. The summed E-state index contributed by atoms with van der Waals surface area (Å²) < 4.78 is 30.3. The summed E-state index contributed by atoms with van der Waals surface area (Å²) in [6.07, 6.45) is 2.60. The summed E-state index contributed by atoms with van der Waals surface area (Å²) in [5, 5.41) is 3.96. The van der Waals surface area contributed by atoms with Gasteiger partial charge in [0.2, 0.25) is 5.76 Å². The zero-order valence-corrected chi connectivity index (χ0v) is 16.3. The Labute approximate surface area is 173 Å². The lowest BCUT2D eigenvalue weighted by atomic mass is 10.0. The molecule has 2 aliphatic rings. The molecule has 1 saturated heterocycles. The van der Waals surface area contributed by atoms with Crippen LogP contribution in [0.4, 0.5) is 4.39 Å². The highest BCUT2D eigenvalue weighted by atomic mass is 19.1. The molecule has 3 heterocycles. The van der Waals surface area contributed by atoms with Gasteiger partial charge in [0.25, 0.3) is 5.91 Å². The molecular weight excluding hydrogens is 387 g/mol. The molecule has 6 nitrogen and oxygen atoms in total. The number of amides is 1. The van der Waals surface area contributed by atoms with Crippen LogP contribution >= 0.6 is 0 Å². The molecule has 0 spiro atoms. The van der Waals surface area contributed by atoms with Crippen molar-refractivity contribution in [1.29, 1.82) is 0 Å². The van der Waals surface area contributed by atoms with Crippen molar-refractivity contribution in [2.45, 2.75) is 25.3 Å². The highest BCUT2D eigenvalue weighted by Gasteiger charge is 2.33. The van der Waals surface area contributed by atoms with Gasteiger partial charge in [-0.25, -0.2) is 4.39 Å². The van der Waals surface area contributed by atoms with Crippen LogP contribution in [0.3, 0.4) is 0 Å². The number of rotatable bonds is 3. The number of carbonyl (C=O) groups excluding carboxylic acids is 1. The van der Waals surface area contributed by atoms with E-state index in [1.807, 2.05) is 18.2 Å². The minimum Gasteiger partial charge on any atom is -0.490 e. The predicted molar refractivity (Wildman–Crippen MR) is 107 cm³/mol. The predicted octanol–water partition coefficient (Wildman–Crippen LogP) is 4.62. The van der Waals surface area contributed by atoms with Gasteiger partial charge in [0, 0.05) is 24.6 Å². The first-order valence-corrected chi connectivity index (χ1v) is 10.1. The summed E-state index contributed by atoms with van der Waals surface area (Å²) in [5.74, 6) is 1.02. The fourth-order valence-corrected chi connectivity index (χ4v) is 4.04. The van der Waals surface area contributed by atoms with Gasteiger partial charge in [-0.3, -0.25) is 4.79 Å². The van der Waals surface area contributed by atoms with Gasteiger partial charge in [0.1, 0.15) is 11.5 Å². The van der Waals surface area contributed by atoms with Crippen molar-refractivity contribution < 1.29 is 23.2 Å². The van der Waals surface area contributed by atoms with Crippen LogP contribution < -0.4 is 9.47 Å². The molecule has 2 aliphatic heterocycles. The number of ether oxygens (including phenoxy) is 2. The molecule has 2 aromatic carbocycles. The van der Waals surface area contributed by atoms with E-state index < -0.39 is 0 Å². The molecule has 3 aromatic rings. The molecule has 30 heavy (non-hydrogen) atoms. The molecular formula is C23H21FN2O4. The highest BCUT2D eigenvalue weighted by molar-refractivity contribution is 5.93. The fraction of sp³-hybridized carbons (Fsp3) is 0.304. The van der Waals surface area contributed by atoms with Gasteiger partial charge in [-0.1, -0.05) is 23.4 Å². The monoisotopic (exact) mass is 408 g/mol. The van der Waals surface area contributed by atoms with Gasteiger partial charge >= 0.3 is 0 Å². The smallest absolute Gasteiger partial charge is 0.292 e. The van der Waals surface area contributed by atoms with E-state index in [2.05, 4.69) is 5.16 Å². The summed E-state index contributed by atoms with van der Waals surface area (Å²) in [5.41, 5.74) is 2.01. The topological polar surface area (TPSA) is 64.8 Å². The fourth-order valence-electron chi connectivity index (χ4n) is 4.04. The Morgan fingerprint density at radius 1 is 1.03 bits per heavy atom. The lowest BCUT2D eigenvalue weighted by Gasteiger charge is -2.24. The number of fused-ring (bicyclic) bond motifs is 1. The van der Waals surface area contributed by atoms with Crippen LogP contribution in [0.25, 0.3) is 11.3 Å². The van der Waals surface area contributed by atoms with E-state index in [0.29, 0.717) is 31.0 Å². The van der Waals surface area contributed by atoms with Crippen molar-refractivity contribution in [3.63, 3.8) is 0 Å². The standard InChI is InChI=1S/C23H21FN2O4/c24-17-5-1-4-15(12-17)18-14-22(30-25-18)23(27)26-9-2-6-19(26)16-7-8-20-21(13-16)29-11-3-10-28-20/h1,4-5,7-8,12-14,19H,2-3,6,9-11H2/t19-/m0/s1. The first kappa shape index (κ1) is 18.7. The molecule has 1 aromatic heterocycles. The third-order valence-electron chi connectivity index (χ3n) is 5.51. The number of halogens is 1. The molecule has 1 fully saturated rings. The minimum absolute atomic E-state index is 0.0719. The summed E-state index contributed by atoms with van der Waals surface area (Å²) in [7, 11) is 0. The van der Waals surface area contributed by atoms with E-state index in [4.69, 9.17) is 14.0 Å². The average molecular weight is 408 g/mol. The first-order chi connectivity index (χ1) is 14.7. The number of likely N-dealkylation sites (tertiary alicyclic amines) is 1. The van der Waals surface area contributed by atoms with E-state index in [1.165, 1.54) is 12.1 Å². The van der Waals surface area contributed by atoms with Gasteiger partial charge in [-0.05, 0) is 42.7 Å². The van der Waals surface area contributed by atoms with E-state index in [0.717, 1.165) is 36.3 Å². The van der Waals surface area contributed by atoms with Gasteiger partial charge in [-0.2, -0.15) is 0 Å². The number of carbonyl (C=O) groups is 1. The van der Waals surface area contributed by atoms with Crippen LogP contribution in [0.15, 0.2) is 53.1 Å². The van der Waals surface area contributed by atoms with Crippen LogP contribution in [0.5, 0.6) is 11.5 Å². The van der Waals surface area contributed by atoms with Gasteiger partial charge in [-0.15, -0.1) is 0 Å². The maximum atomic E-state index is 13.5. The Kier molecular flexibility index (Phi) is 4.86. The lowest BCUT2D eigenvalue weighted by Crippen LogP contribution is -2.30. The second-order valence-corrected chi connectivity index (χ2v) is 7.50. The molecule has 1 atom stereocenters. The molecule has 0 unspecified atom stereocenters. The first-order valence-electron chi connectivity index (χ1n) is 10.1. The number of hydrogen-bond acceptors (Lipinski definition) is 5. The van der Waals surface area contributed by atoms with E-state index in [-0.39, 0.29) is 23.5 Å². The highest BCUT2D eigenvalue weighted by Crippen LogP contribution is 2.38. The van der Waals surface area contributed by atoms with Crippen LogP contribution in [0.1, 0.15) is 41.4 Å². The maximum absolute atomic E-state index is 13.5. The van der Waals surface area contributed by atoms with Crippen molar-refractivity contribution in [2.75, 3.05) is 19.8 Å². The average Bonchev–Trinajstić information content (AvgIpc) is 3.39. The summed E-state index contributed by atoms with van der Waals surface area (Å²) in [6, 6.07) is 13.4. The summed E-state index contributed by atoms with van der Waals surface area (Å²) >= 11 is 0. The van der Waals surface area contributed by atoms with Gasteiger partial charge < -0.3 is 18.9 Å². The van der Waals surface area contributed by atoms with Crippen LogP contribution in [-0.4, -0.2) is 35.7 Å². The normalized spacial score (nSPS) is 18.3. The number of hydrogen-bond donors (Lipinski definition) is 0. The molecule has 0 radical (unpaired) electrons. The van der Waals surface area contributed by atoms with Crippen LogP contribution in [-0.2, 0) is 0 Å². The zero-order valence-electron chi connectivity index (χ0n) is 16.3. The minimum atomic E-state index is -0.364. The second kappa shape index (κ2) is 7.82.